The summed E-state index contributed by atoms with van der Waals surface area (Å²) in [7, 11) is -4.14. The second-order valence-corrected chi connectivity index (χ2v) is 8.53. The lowest BCUT2D eigenvalue weighted by molar-refractivity contribution is 0.0729. The molecule has 1 amide bonds. The summed E-state index contributed by atoms with van der Waals surface area (Å²) in [6.45, 7) is 0.597. The molecule has 9 nitrogen and oxygen atoms in total. The van der Waals surface area contributed by atoms with Crippen molar-refractivity contribution in [3.8, 4) is 5.69 Å². The lowest BCUT2D eigenvalue weighted by Crippen LogP contribution is -2.41. The van der Waals surface area contributed by atoms with Gasteiger partial charge in [-0.1, -0.05) is 0 Å². The smallest absolute Gasteiger partial charge is 0.255 e. The summed E-state index contributed by atoms with van der Waals surface area (Å²) in [5.41, 5.74) is 0.179. The molecule has 0 unspecified atom stereocenters. The number of ether oxygens (including phenoxy) is 1. The first-order valence-corrected chi connectivity index (χ1v) is 10.6. The minimum absolute atomic E-state index is 0.0889. The van der Waals surface area contributed by atoms with Gasteiger partial charge in [-0.2, -0.15) is 9.40 Å². The van der Waals surface area contributed by atoms with Crippen LogP contribution in [0.1, 0.15) is 10.4 Å². The van der Waals surface area contributed by atoms with Crippen LogP contribution in [-0.4, -0.2) is 59.7 Å². The predicted octanol–water partition coefficient (Wildman–Crippen LogP) is 1.82. The number of hydrogen-bond acceptors (Lipinski definition) is 6. The zero-order valence-corrected chi connectivity index (χ0v) is 16.8. The highest BCUT2D eigenvalue weighted by Gasteiger charge is 2.29. The molecule has 1 aromatic heterocycles. The van der Waals surface area contributed by atoms with E-state index in [1.807, 2.05) is 0 Å². The van der Waals surface area contributed by atoms with E-state index in [0.29, 0.717) is 0 Å². The molecule has 31 heavy (non-hydrogen) atoms. The lowest BCUT2D eigenvalue weighted by atomic mass is 10.2. The van der Waals surface area contributed by atoms with E-state index >= 15 is 0 Å². The third-order valence-corrected chi connectivity index (χ3v) is 6.57. The molecule has 0 radical (unpaired) electrons. The number of morpholine rings is 1. The summed E-state index contributed by atoms with van der Waals surface area (Å²) in [6.07, 6.45) is 2.58. The fourth-order valence-corrected chi connectivity index (χ4v) is 4.57. The molecule has 1 fully saturated rings. The van der Waals surface area contributed by atoms with Gasteiger partial charge in [0.2, 0.25) is 10.0 Å². The van der Waals surface area contributed by atoms with E-state index in [2.05, 4.69) is 15.4 Å². The lowest BCUT2D eigenvalue weighted by Gasteiger charge is -2.26. The van der Waals surface area contributed by atoms with Gasteiger partial charge in [-0.3, -0.25) is 4.79 Å². The van der Waals surface area contributed by atoms with Gasteiger partial charge in [0.1, 0.15) is 29.1 Å². The Morgan fingerprint density at radius 1 is 1.06 bits per heavy atom. The Hall–Kier alpha value is -3.22. The van der Waals surface area contributed by atoms with Gasteiger partial charge >= 0.3 is 0 Å². The van der Waals surface area contributed by atoms with Crippen LogP contribution in [0.2, 0.25) is 0 Å². The Bertz CT molecular complexity index is 1210. The molecule has 1 saturated heterocycles. The number of nitrogens with zero attached hydrogens (tertiary/aromatic N) is 4. The van der Waals surface area contributed by atoms with Gasteiger partial charge in [0.05, 0.1) is 13.2 Å². The van der Waals surface area contributed by atoms with E-state index < -0.39 is 32.5 Å². The number of nitrogens with one attached hydrogen (secondary N) is 1. The zero-order chi connectivity index (χ0) is 22.0. The van der Waals surface area contributed by atoms with Crippen LogP contribution < -0.4 is 5.32 Å². The van der Waals surface area contributed by atoms with Crippen molar-refractivity contribution in [2.75, 3.05) is 31.6 Å². The van der Waals surface area contributed by atoms with Crippen LogP contribution in [0.4, 0.5) is 14.5 Å². The number of aromatic nitrogens is 3. The molecule has 0 saturated carbocycles. The number of carbonyl (C=O) groups excluding carboxylic acids is 1. The fourth-order valence-electron chi connectivity index (χ4n) is 3.07. The summed E-state index contributed by atoms with van der Waals surface area (Å²) in [5, 5.41) is 6.31. The third kappa shape index (κ3) is 4.31. The number of amides is 1. The van der Waals surface area contributed by atoms with Gasteiger partial charge in [0, 0.05) is 24.3 Å². The maximum absolute atomic E-state index is 14.4. The van der Waals surface area contributed by atoms with Crippen molar-refractivity contribution in [2.24, 2.45) is 0 Å². The van der Waals surface area contributed by atoms with Crippen molar-refractivity contribution in [3.63, 3.8) is 0 Å². The van der Waals surface area contributed by atoms with Crippen LogP contribution >= 0.6 is 0 Å². The number of sulfonamides is 1. The van der Waals surface area contributed by atoms with Crippen molar-refractivity contribution in [1.29, 1.82) is 0 Å². The highest BCUT2D eigenvalue weighted by atomic mass is 32.2. The van der Waals surface area contributed by atoms with E-state index in [1.54, 1.807) is 0 Å². The SMILES string of the molecule is O=C(Nc1ccc(-n2cncn2)c(F)c1)c1ccc(F)c(S(=O)(=O)N2CCOCC2)c1. The van der Waals surface area contributed by atoms with Crippen molar-refractivity contribution in [1.82, 2.24) is 19.1 Å². The standard InChI is InChI=1S/C19H17F2N5O4S/c20-15-3-1-13(9-18(15)31(28,29)25-5-7-30-8-6-25)19(27)24-14-2-4-17(16(21)10-14)26-12-22-11-23-26/h1-4,9-12H,5-8H2,(H,24,27). The van der Waals surface area contributed by atoms with E-state index in [-0.39, 0.29) is 43.2 Å². The number of anilines is 1. The fraction of sp³-hybridized carbons (Fsp3) is 0.211. The highest BCUT2D eigenvalue weighted by Crippen LogP contribution is 2.23. The van der Waals surface area contributed by atoms with Crippen molar-refractivity contribution >= 4 is 21.6 Å². The van der Waals surface area contributed by atoms with Crippen LogP contribution in [0.15, 0.2) is 53.9 Å². The minimum atomic E-state index is -4.14. The van der Waals surface area contributed by atoms with Gasteiger partial charge in [0.15, 0.2) is 5.82 Å². The summed E-state index contributed by atoms with van der Waals surface area (Å²) in [5.74, 6) is -2.34. The van der Waals surface area contributed by atoms with E-state index in [9.17, 15) is 22.0 Å². The van der Waals surface area contributed by atoms with Gasteiger partial charge in [-0.25, -0.2) is 26.9 Å². The maximum Gasteiger partial charge on any atom is 0.255 e. The molecule has 1 aliphatic rings. The number of halogens is 2. The first-order chi connectivity index (χ1) is 14.9. The summed E-state index contributed by atoms with van der Waals surface area (Å²) in [4.78, 5) is 15.7. The molecule has 0 spiro atoms. The largest absolute Gasteiger partial charge is 0.379 e. The second-order valence-electron chi connectivity index (χ2n) is 6.62. The Kier molecular flexibility index (Phi) is 5.76. The van der Waals surface area contributed by atoms with Crippen molar-refractivity contribution < 1.29 is 26.7 Å². The van der Waals surface area contributed by atoms with Crippen LogP contribution in [0.25, 0.3) is 5.69 Å². The summed E-state index contributed by atoms with van der Waals surface area (Å²) >= 11 is 0. The Balaban J connectivity index is 1.57. The van der Waals surface area contributed by atoms with E-state index in [4.69, 9.17) is 4.74 Å². The molecule has 162 valence electrons. The number of rotatable bonds is 5. The van der Waals surface area contributed by atoms with Gasteiger partial charge in [-0.15, -0.1) is 0 Å². The Labute approximate surface area is 176 Å². The molecule has 12 heteroatoms. The maximum atomic E-state index is 14.4. The number of benzene rings is 2. The van der Waals surface area contributed by atoms with Crippen molar-refractivity contribution in [3.05, 3.63) is 66.3 Å². The molecule has 1 N–H and O–H groups in total. The molecule has 4 rings (SSSR count). The van der Waals surface area contributed by atoms with Gasteiger partial charge < -0.3 is 10.1 Å². The number of carbonyl (C=O) groups is 1. The molecule has 0 atom stereocenters. The summed E-state index contributed by atoms with van der Waals surface area (Å²) < 4.78 is 61.7. The van der Waals surface area contributed by atoms with Crippen LogP contribution in [0.5, 0.6) is 0 Å². The molecular formula is C19H17F2N5O4S. The molecular weight excluding hydrogens is 432 g/mol. The Morgan fingerprint density at radius 2 is 1.84 bits per heavy atom. The van der Waals surface area contributed by atoms with Gasteiger partial charge in [0.25, 0.3) is 5.91 Å². The van der Waals surface area contributed by atoms with Gasteiger partial charge in [-0.05, 0) is 36.4 Å². The quantitative estimate of drug-likeness (QED) is 0.637. The van der Waals surface area contributed by atoms with Crippen LogP contribution in [-0.2, 0) is 14.8 Å². The van der Waals surface area contributed by atoms with E-state index in [0.717, 1.165) is 28.6 Å². The summed E-state index contributed by atoms with van der Waals surface area (Å²) in [6, 6.07) is 6.98. The monoisotopic (exact) mass is 449 g/mol. The highest BCUT2D eigenvalue weighted by molar-refractivity contribution is 7.89. The molecule has 2 heterocycles. The normalized spacial score (nSPS) is 15.0. The molecule has 0 bridgehead atoms. The third-order valence-electron chi connectivity index (χ3n) is 4.65. The molecule has 3 aromatic rings. The average Bonchev–Trinajstić information content (AvgIpc) is 3.29. The van der Waals surface area contributed by atoms with Crippen molar-refractivity contribution in [2.45, 2.75) is 4.90 Å². The Morgan fingerprint density at radius 3 is 2.52 bits per heavy atom. The zero-order valence-electron chi connectivity index (χ0n) is 16.0. The molecule has 2 aromatic carbocycles. The number of hydrogen-bond donors (Lipinski definition) is 1. The minimum Gasteiger partial charge on any atom is -0.379 e. The van der Waals surface area contributed by atoms with E-state index in [1.165, 1.54) is 29.5 Å². The first kappa shape index (κ1) is 21.0. The molecule has 1 aliphatic heterocycles. The van der Waals surface area contributed by atoms with Crippen LogP contribution in [0, 0.1) is 11.6 Å². The second kappa shape index (κ2) is 8.49. The first-order valence-electron chi connectivity index (χ1n) is 9.19. The van der Waals surface area contributed by atoms with Crippen LogP contribution in [0.3, 0.4) is 0 Å². The average molecular weight is 449 g/mol. The predicted molar refractivity (Wildman–Crippen MR) is 105 cm³/mol. The topological polar surface area (TPSA) is 106 Å². The molecule has 0 aliphatic carbocycles.